The van der Waals surface area contributed by atoms with E-state index in [4.69, 9.17) is 9.84 Å². The first-order chi connectivity index (χ1) is 23.9. The Morgan fingerprint density at radius 2 is 1.41 bits per heavy atom. The third-order valence-corrected chi connectivity index (χ3v) is 7.52. The minimum absolute atomic E-state index is 0.0679. The summed E-state index contributed by atoms with van der Waals surface area (Å²) in [6, 6.07) is 13.0. The third kappa shape index (κ3) is 9.92. The van der Waals surface area contributed by atoms with Gasteiger partial charge in [-0.15, -0.1) is 0 Å². The molecule has 0 aliphatic rings. The van der Waals surface area contributed by atoms with Crippen molar-refractivity contribution in [1.29, 1.82) is 0 Å². The second kappa shape index (κ2) is 15.7. The van der Waals surface area contributed by atoms with Gasteiger partial charge < -0.3 is 19.9 Å². The Labute approximate surface area is 283 Å². The third-order valence-electron chi connectivity index (χ3n) is 7.52. The quantitative estimate of drug-likeness (QED) is 0.0943. The van der Waals surface area contributed by atoms with Gasteiger partial charge in [0, 0.05) is 24.5 Å². The van der Waals surface area contributed by atoms with Crippen LogP contribution < -0.4 is 14.8 Å². The lowest BCUT2D eigenvalue weighted by molar-refractivity contribution is -0.253. The summed E-state index contributed by atoms with van der Waals surface area (Å²) in [4.78, 5) is 24.4. The first kappa shape index (κ1) is 38.5. The first-order valence-electron chi connectivity index (χ1n) is 14.9. The predicted octanol–water partition coefficient (Wildman–Crippen LogP) is 8.91. The van der Waals surface area contributed by atoms with Crippen LogP contribution in [-0.2, 0) is 22.9 Å². The van der Waals surface area contributed by atoms with Crippen LogP contribution >= 0.6 is 0 Å². The summed E-state index contributed by atoms with van der Waals surface area (Å²) in [7, 11) is 0. The van der Waals surface area contributed by atoms with E-state index in [-0.39, 0.29) is 30.2 Å². The Morgan fingerprint density at radius 1 is 0.745 bits per heavy atom. The van der Waals surface area contributed by atoms with E-state index in [9.17, 15) is 49.1 Å². The number of carboxylic acids is 1. The van der Waals surface area contributed by atoms with Crippen LogP contribution in [-0.4, -0.2) is 36.1 Å². The average molecular weight is 732 g/mol. The smallest absolute Gasteiger partial charge is 0.461 e. The maximum absolute atomic E-state index is 15.1. The highest BCUT2D eigenvalue weighted by atomic mass is 19.4. The van der Waals surface area contributed by atoms with E-state index in [1.54, 1.807) is 0 Å². The molecule has 0 aliphatic carbocycles. The zero-order valence-electron chi connectivity index (χ0n) is 26.1. The van der Waals surface area contributed by atoms with Gasteiger partial charge in [0.1, 0.15) is 29.0 Å². The van der Waals surface area contributed by atoms with Gasteiger partial charge in [0.2, 0.25) is 0 Å². The summed E-state index contributed by atoms with van der Waals surface area (Å²) in [6.07, 6.45) is -14.4. The summed E-state index contributed by atoms with van der Waals surface area (Å²) in [5.74, 6) is -6.90. The molecule has 2 N–H and O–H groups in total. The van der Waals surface area contributed by atoms with Crippen LogP contribution in [0.2, 0.25) is 0 Å². The van der Waals surface area contributed by atoms with Crippen molar-refractivity contribution in [1.82, 2.24) is 5.32 Å². The van der Waals surface area contributed by atoms with Crippen molar-refractivity contribution in [3.63, 3.8) is 0 Å². The Bertz CT molecular complexity index is 1830. The van der Waals surface area contributed by atoms with Gasteiger partial charge in [-0.25, -0.2) is 13.2 Å². The lowest BCUT2D eigenvalue weighted by atomic mass is 9.77. The topological polar surface area (TPSA) is 84.9 Å². The van der Waals surface area contributed by atoms with Crippen LogP contribution in [0.1, 0.15) is 51.9 Å². The zero-order chi connectivity index (χ0) is 37.6. The Morgan fingerprint density at radius 3 is 2.02 bits per heavy atom. The van der Waals surface area contributed by atoms with Crippen molar-refractivity contribution in [3.8, 4) is 11.5 Å². The molecule has 0 saturated carbocycles. The number of hydrogen-bond donors (Lipinski definition) is 2. The van der Waals surface area contributed by atoms with Gasteiger partial charge in [-0.3, -0.25) is 9.59 Å². The van der Waals surface area contributed by atoms with E-state index < -0.39 is 82.4 Å². The number of carboxylic acid groups (broad SMARTS) is 1. The fourth-order valence-corrected chi connectivity index (χ4v) is 5.09. The van der Waals surface area contributed by atoms with E-state index in [1.165, 1.54) is 24.3 Å². The number of hydrogen-bond acceptors (Lipinski definition) is 4. The van der Waals surface area contributed by atoms with Crippen molar-refractivity contribution in [2.75, 3.05) is 6.61 Å². The number of unbranched alkanes of at least 4 members (excludes halogenated alkanes) is 1. The highest BCUT2D eigenvalue weighted by Crippen LogP contribution is 2.39. The number of benzene rings is 4. The van der Waals surface area contributed by atoms with Gasteiger partial charge in [-0.05, 0) is 84.1 Å². The van der Waals surface area contributed by atoms with Gasteiger partial charge in [0.05, 0.1) is 17.7 Å². The molecular weight excluding hydrogens is 704 g/mol. The van der Waals surface area contributed by atoms with Crippen LogP contribution in [0.15, 0.2) is 84.9 Å². The fourth-order valence-electron chi connectivity index (χ4n) is 5.09. The van der Waals surface area contributed by atoms with E-state index in [0.29, 0.717) is 36.8 Å². The second-order valence-corrected chi connectivity index (χ2v) is 11.2. The SMILES string of the molecule is O=C(O)CCCCOc1ccc(C[C@@](NC(=O)c2ccc(F)c(C(F)(F)F)c2)(c2ccc(F)cc2)c2cc(F)cc(OC(F)(F)C(F)F)c2)cc1. The number of rotatable bonds is 15. The predicted molar refractivity (Wildman–Crippen MR) is 161 cm³/mol. The van der Waals surface area contributed by atoms with Crippen molar-refractivity contribution in [2.24, 2.45) is 0 Å². The summed E-state index contributed by atoms with van der Waals surface area (Å²) in [5.41, 5.74) is -4.95. The summed E-state index contributed by atoms with van der Waals surface area (Å²) < 4.78 is 148. The van der Waals surface area contributed by atoms with Crippen LogP contribution in [0, 0.1) is 17.5 Å². The molecular formula is C35H27F10NO5. The lowest BCUT2D eigenvalue weighted by Crippen LogP contribution is -2.49. The Hall–Kier alpha value is -5.28. The molecule has 6 nitrogen and oxygen atoms in total. The fraction of sp³-hybridized carbons (Fsp3) is 0.257. The molecule has 0 bridgehead atoms. The van der Waals surface area contributed by atoms with E-state index in [0.717, 1.165) is 36.4 Å². The van der Waals surface area contributed by atoms with Gasteiger partial charge in [-0.2, -0.15) is 30.7 Å². The number of amides is 1. The average Bonchev–Trinajstić information content (AvgIpc) is 3.04. The normalized spacial score (nSPS) is 13.1. The largest absolute Gasteiger partial charge is 0.494 e. The number of aliphatic carboxylic acids is 1. The number of nitrogens with one attached hydrogen (secondary N) is 1. The minimum Gasteiger partial charge on any atom is -0.494 e. The Kier molecular flexibility index (Phi) is 11.9. The molecule has 51 heavy (non-hydrogen) atoms. The number of carbonyl (C=O) groups is 2. The van der Waals surface area contributed by atoms with Gasteiger partial charge in [0.25, 0.3) is 5.91 Å². The van der Waals surface area contributed by atoms with E-state index in [2.05, 4.69) is 10.1 Å². The molecule has 0 fully saturated rings. The van der Waals surface area contributed by atoms with Crippen molar-refractivity contribution in [3.05, 3.63) is 130 Å². The van der Waals surface area contributed by atoms with Crippen molar-refractivity contribution < 1.29 is 68.1 Å². The first-order valence-corrected chi connectivity index (χ1v) is 14.9. The molecule has 272 valence electrons. The Balaban J connectivity index is 1.85. The number of halogens is 10. The molecule has 1 atom stereocenters. The zero-order valence-corrected chi connectivity index (χ0v) is 26.1. The number of carbonyl (C=O) groups excluding carboxylic acids is 1. The second-order valence-electron chi connectivity index (χ2n) is 11.2. The van der Waals surface area contributed by atoms with Crippen LogP contribution in [0.3, 0.4) is 0 Å². The van der Waals surface area contributed by atoms with Crippen LogP contribution in [0.5, 0.6) is 11.5 Å². The maximum atomic E-state index is 15.1. The number of ether oxygens (including phenoxy) is 2. The van der Waals surface area contributed by atoms with E-state index >= 15 is 4.39 Å². The molecule has 0 radical (unpaired) electrons. The molecule has 1 amide bonds. The monoisotopic (exact) mass is 731 g/mol. The molecule has 0 heterocycles. The van der Waals surface area contributed by atoms with Crippen molar-refractivity contribution in [2.45, 2.75) is 49.9 Å². The highest BCUT2D eigenvalue weighted by molar-refractivity contribution is 5.95. The van der Waals surface area contributed by atoms with Gasteiger partial charge >= 0.3 is 24.7 Å². The molecule has 16 heteroatoms. The number of alkyl halides is 7. The van der Waals surface area contributed by atoms with Crippen LogP contribution in [0.25, 0.3) is 0 Å². The molecule has 4 aromatic carbocycles. The molecule has 4 aromatic rings. The van der Waals surface area contributed by atoms with Crippen molar-refractivity contribution >= 4 is 11.9 Å². The molecule has 0 saturated heterocycles. The minimum atomic E-state index is -5.22. The summed E-state index contributed by atoms with van der Waals surface area (Å²) in [6.45, 7) is 0.148. The molecule has 0 unspecified atom stereocenters. The highest BCUT2D eigenvalue weighted by Gasteiger charge is 2.45. The molecule has 0 aromatic heterocycles. The molecule has 0 spiro atoms. The maximum Gasteiger partial charge on any atom is 0.461 e. The molecule has 4 rings (SSSR count). The van der Waals surface area contributed by atoms with Gasteiger partial charge in [0.15, 0.2) is 0 Å². The summed E-state index contributed by atoms with van der Waals surface area (Å²) >= 11 is 0. The van der Waals surface area contributed by atoms with Gasteiger partial charge in [-0.1, -0.05) is 24.3 Å². The lowest BCUT2D eigenvalue weighted by Gasteiger charge is -2.37. The van der Waals surface area contributed by atoms with E-state index in [1.807, 2.05) is 0 Å². The van der Waals surface area contributed by atoms with Crippen LogP contribution in [0.4, 0.5) is 43.9 Å². The standard InChI is InChI=1S/C35H27F10NO5/c36-24-9-7-22(8-10-24)33(23-16-25(37)18-27(17-23)51-35(44,45)32(39)40,46-31(49)21-6-13-29(38)28(15-21)34(41,42)43)19-20-4-11-26(12-5-20)50-14-2-1-3-30(47)48/h4-13,15-18,32H,1-3,14,19H2,(H,46,49)(H,47,48)/t33-/m1/s1. The summed E-state index contributed by atoms with van der Waals surface area (Å²) in [5, 5.41) is 11.2. The molecule has 0 aliphatic heterocycles.